The third-order valence-corrected chi connectivity index (χ3v) is 5.68. The van der Waals surface area contributed by atoms with Gasteiger partial charge in [0.25, 0.3) is 0 Å². The molecule has 0 fully saturated rings. The van der Waals surface area contributed by atoms with Crippen molar-refractivity contribution in [3.63, 3.8) is 0 Å². The molecule has 0 bridgehead atoms. The van der Waals surface area contributed by atoms with Gasteiger partial charge in [0.15, 0.2) is 0 Å². The summed E-state index contributed by atoms with van der Waals surface area (Å²) in [6.07, 6.45) is 4.57. The van der Waals surface area contributed by atoms with Gasteiger partial charge in [-0.05, 0) is 65.7 Å². The molecule has 8 heteroatoms. The van der Waals surface area contributed by atoms with Gasteiger partial charge in [0.1, 0.15) is 5.75 Å². The van der Waals surface area contributed by atoms with Crippen LogP contribution in [0.4, 0.5) is 0 Å². The summed E-state index contributed by atoms with van der Waals surface area (Å²) in [4.78, 5) is 16.1. The molecule has 0 aromatic heterocycles. The topological polar surface area (TPSA) is 63.3 Å². The van der Waals surface area contributed by atoms with E-state index < -0.39 is 8.60 Å². The first kappa shape index (κ1) is 27.8. The number of rotatable bonds is 17. The molecule has 7 nitrogen and oxygen atoms in total. The van der Waals surface area contributed by atoms with Gasteiger partial charge in [0.05, 0.1) is 13.2 Å². The molecule has 1 atom stereocenters. The zero-order valence-corrected chi connectivity index (χ0v) is 21.1. The molecule has 0 heterocycles. The molecule has 0 aliphatic heterocycles. The molecule has 1 rings (SSSR count). The summed E-state index contributed by atoms with van der Waals surface area (Å²) in [6, 6.07) is 8.03. The second-order valence-electron chi connectivity index (χ2n) is 8.36. The second kappa shape index (κ2) is 16.4. The minimum atomic E-state index is -1.45. The summed E-state index contributed by atoms with van der Waals surface area (Å²) in [6.45, 7) is 6.89. The zero-order valence-electron chi connectivity index (χ0n) is 20.2. The van der Waals surface area contributed by atoms with E-state index in [1.54, 1.807) is 0 Å². The second-order valence-corrected chi connectivity index (χ2v) is 9.51. The van der Waals surface area contributed by atoms with Crippen LogP contribution >= 0.6 is 8.60 Å². The average Bonchev–Trinajstić information content (AvgIpc) is 2.68. The zero-order chi connectivity index (χ0) is 23.1. The summed E-state index contributed by atoms with van der Waals surface area (Å²) >= 11 is 0. The number of unbranched alkanes of at least 4 members (excludes halogenated alkanes) is 2. The highest BCUT2D eigenvalue weighted by Crippen LogP contribution is 2.40. The highest BCUT2D eigenvalue weighted by Gasteiger charge is 2.16. The molecule has 1 amide bonds. The Bertz CT molecular complexity index is 585. The molecule has 1 N–H and O–H groups in total. The van der Waals surface area contributed by atoms with E-state index in [9.17, 15) is 4.79 Å². The summed E-state index contributed by atoms with van der Waals surface area (Å²) < 4.78 is 17.6. The minimum absolute atomic E-state index is 0.0988. The van der Waals surface area contributed by atoms with Crippen molar-refractivity contribution in [1.29, 1.82) is 0 Å². The van der Waals surface area contributed by atoms with Gasteiger partial charge in [-0.25, -0.2) is 0 Å². The fraction of sp³-hybridized carbons (Fsp3) is 0.696. The SMILES string of the molecule is CCCCCC(=O)NC(C)Cc1ccc(OP(OCCN(C)C)OCCN(C)C)cc1. The number of carbonyl (C=O) groups is 1. The Balaban J connectivity index is 2.51. The first-order valence-corrected chi connectivity index (χ1v) is 12.3. The summed E-state index contributed by atoms with van der Waals surface area (Å²) in [5.74, 6) is 0.858. The quantitative estimate of drug-likeness (QED) is 0.282. The van der Waals surface area contributed by atoms with E-state index in [1.807, 2.05) is 59.4 Å². The van der Waals surface area contributed by atoms with Crippen LogP contribution in [0.2, 0.25) is 0 Å². The lowest BCUT2D eigenvalue weighted by molar-refractivity contribution is -0.121. The molecule has 31 heavy (non-hydrogen) atoms. The molecule has 0 aliphatic carbocycles. The van der Waals surface area contributed by atoms with Gasteiger partial charge in [-0.3, -0.25) is 4.79 Å². The fourth-order valence-corrected chi connectivity index (χ4v) is 3.68. The standard InChI is InChI=1S/C23H42N3O4P/c1-7-8-9-10-23(27)24-20(2)19-21-11-13-22(14-12-21)30-31(28-17-15-25(3)4)29-18-16-26(5)6/h11-14,20H,7-10,15-19H2,1-6H3,(H,24,27). The number of nitrogens with one attached hydrogen (secondary N) is 1. The predicted molar refractivity (Wildman–Crippen MR) is 128 cm³/mol. The van der Waals surface area contributed by atoms with Gasteiger partial charge in [-0.15, -0.1) is 0 Å². The van der Waals surface area contributed by atoms with E-state index in [0.717, 1.165) is 50.1 Å². The molecule has 178 valence electrons. The smallest absolute Gasteiger partial charge is 0.397 e. The van der Waals surface area contributed by atoms with Crippen LogP contribution in [0.5, 0.6) is 5.75 Å². The number of likely N-dealkylation sites (N-methyl/N-ethyl adjacent to an activating group) is 2. The van der Waals surface area contributed by atoms with Crippen LogP contribution in [0, 0.1) is 0 Å². The van der Waals surface area contributed by atoms with Crippen LogP contribution in [0.1, 0.15) is 45.1 Å². The normalized spacial score (nSPS) is 12.5. The first-order valence-electron chi connectivity index (χ1n) is 11.2. The highest BCUT2D eigenvalue weighted by molar-refractivity contribution is 7.42. The van der Waals surface area contributed by atoms with E-state index in [-0.39, 0.29) is 11.9 Å². The van der Waals surface area contributed by atoms with E-state index in [4.69, 9.17) is 13.6 Å². The van der Waals surface area contributed by atoms with E-state index in [0.29, 0.717) is 19.6 Å². The van der Waals surface area contributed by atoms with Crippen LogP contribution in [0.25, 0.3) is 0 Å². The van der Waals surface area contributed by atoms with Crippen molar-refractivity contribution < 1.29 is 18.4 Å². The van der Waals surface area contributed by atoms with Crippen molar-refractivity contribution in [3.8, 4) is 5.75 Å². The predicted octanol–water partition coefficient (Wildman–Crippen LogP) is 4.08. The van der Waals surface area contributed by atoms with Crippen molar-refractivity contribution in [2.24, 2.45) is 0 Å². The van der Waals surface area contributed by atoms with Gasteiger partial charge in [0.2, 0.25) is 5.91 Å². The van der Waals surface area contributed by atoms with Crippen molar-refractivity contribution in [3.05, 3.63) is 29.8 Å². The molecule has 1 aromatic rings. The molecule has 0 saturated heterocycles. The third-order valence-electron chi connectivity index (χ3n) is 4.53. The van der Waals surface area contributed by atoms with Gasteiger partial charge in [-0.1, -0.05) is 31.9 Å². The van der Waals surface area contributed by atoms with E-state index in [2.05, 4.69) is 22.0 Å². The number of hydrogen-bond acceptors (Lipinski definition) is 6. The van der Waals surface area contributed by atoms with Gasteiger partial charge in [0, 0.05) is 25.6 Å². The number of hydrogen-bond donors (Lipinski definition) is 1. The lowest BCUT2D eigenvalue weighted by Gasteiger charge is -2.20. The van der Waals surface area contributed by atoms with Crippen LogP contribution < -0.4 is 9.84 Å². The summed E-state index contributed by atoms with van der Waals surface area (Å²) in [7, 11) is 6.57. The van der Waals surface area contributed by atoms with Crippen molar-refractivity contribution in [2.75, 3.05) is 54.5 Å². The van der Waals surface area contributed by atoms with Gasteiger partial charge < -0.3 is 28.7 Å². The molecule has 1 unspecified atom stereocenters. The molecule has 0 spiro atoms. The Morgan fingerprint density at radius 1 is 1.00 bits per heavy atom. The maximum Gasteiger partial charge on any atom is 0.397 e. The fourth-order valence-electron chi connectivity index (χ4n) is 2.75. The number of benzene rings is 1. The lowest BCUT2D eigenvalue weighted by Crippen LogP contribution is -2.33. The van der Waals surface area contributed by atoms with E-state index >= 15 is 0 Å². The van der Waals surface area contributed by atoms with Gasteiger partial charge in [-0.2, -0.15) is 0 Å². The molecule has 0 saturated carbocycles. The van der Waals surface area contributed by atoms with Crippen LogP contribution in [0.3, 0.4) is 0 Å². The van der Waals surface area contributed by atoms with Crippen molar-refractivity contribution in [2.45, 2.75) is 52.0 Å². The molecule has 1 aromatic carbocycles. The van der Waals surface area contributed by atoms with Crippen molar-refractivity contribution >= 4 is 14.5 Å². The minimum Gasteiger partial charge on any atom is -0.427 e. The van der Waals surface area contributed by atoms with Crippen molar-refractivity contribution in [1.82, 2.24) is 15.1 Å². The average molecular weight is 456 g/mol. The highest BCUT2D eigenvalue weighted by atomic mass is 31.2. The summed E-state index contributed by atoms with van der Waals surface area (Å²) in [5, 5.41) is 3.08. The van der Waals surface area contributed by atoms with Gasteiger partial charge >= 0.3 is 8.60 Å². The maximum absolute atomic E-state index is 12.0. The number of nitrogens with zero attached hydrogens (tertiary/aromatic N) is 2. The van der Waals surface area contributed by atoms with Crippen LogP contribution in [-0.2, 0) is 20.3 Å². The largest absolute Gasteiger partial charge is 0.427 e. The molecular formula is C23H42N3O4P. The van der Waals surface area contributed by atoms with Crippen LogP contribution in [-0.4, -0.2) is 76.2 Å². The third kappa shape index (κ3) is 14.4. The monoisotopic (exact) mass is 455 g/mol. The Labute approximate surface area is 190 Å². The molecular weight excluding hydrogens is 413 g/mol. The maximum atomic E-state index is 12.0. The Kier molecular flexibility index (Phi) is 14.7. The lowest BCUT2D eigenvalue weighted by atomic mass is 10.1. The Morgan fingerprint density at radius 3 is 2.10 bits per heavy atom. The molecule has 0 aliphatic rings. The first-order chi connectivity index (χ1) is 14.8. The Morgan fingerprint density at radius 2 is 1.58 bits per heavy atom. The summed E-state index contributed by atoms with van der Waals surface area (Å²) in [5.41, 5.74) is 1.15. The number of amides is 1. The van der Waals surface area contributed by atoms with Crippen LogP contribution in [0.15, 0.2) is 24.3 Å². The van der Waals surface area contributed by atoms with E-state index in [1.165, 1.54) is 0 Å². The number of carbonyl (C=O) groups excluding carboxylic acids is 1. The Hall–Kier alpha value is -1.24. The molecule has 0 radical (unpaired) electrons.